The number of rotatable bonds is 6. The topological polar surface area (TPSA) is 70.2 Å². The maximum atomic E-state index is 13.9. The van der Waals surface area contributed by atoms with E-state index in [1.807, 2.05) is 0 Å². The summed E-state index contributed by atoms with van der Waals surface area (Å²) in [6, 6.07) is 16.4. The Morgan fingerprint density at radius 2 is 1.37 bits per heavy atom. The van der Waals surface area contributed by atoms with Crippen molar-refractivity contribution in [2.24, 2.45) is 0 Å². The van der Waals surface area contributed by atoms with Crippen molar-refractivity contribution in [3.05, 3.63) is 95.8 Å². The van der Waals surface area contributed by atoms with Gasteiger partial charge in [-0.05, 0) is 17.7 Å². The second-order valence-electron chi connectivity index (χ2n) is 6.44. The zero-order valence-corrected chi connectivity index (χ0v) is 15.7. The van der Waals surface area contributed by atoms with E-state index in [0.29, 0.717) is 17.8 Å². The number of benzene rings is 3. The molecule has 30 heavy (non-hydrogen) atoms. The van der Waals surface area contributed by atoms with Gasteiger partial charge in [0.1, 0.15) is 17.5 Å². The number of nitrogens with one attached hydrogen (secondary N) is 3. The van der Waals surface area contributed by atoms with Crippen molar-refractivity contribution in [1.82, 2.24) is 5.32 Å². The molecule has 0 spiro atoms. The Bertz CT molecular complexity index is 1010. The molecule has 5 nitrogen and oxygen atoms in total. The molecule has 0 aliphatic heterocycles. The quantitative estimate of drug-likeness (QED) is 0.558. The van der Waals surface area contributed by atoms with Crippen LogP contribution in [0.25, 0.3) is 0 Å². The molecule has 154 valence electrons. The van der Waals surface area contributed by atoms with Gasteiger partial charge in [0.05, 0.1) is 0 Å². The Hall–Kier alpha value is -3.81. The smallest absolute Gasteiger partial charge is 0.319 e. The normalized spacial score (nSPS) is 11.4. The second kappa shape index (κ2) is 9.60. The molecule has 8 heteroatoms. The lowest BCUT2D eigenvalue weighted by Crippen LogP contribution is -2.47. The second-order valence-corrected chi connectivity index (χ2v) is 6.44. The first-order valence-corrected chi connectivity index (χ1v) is 9.04. The molecule has 0 fully saturated rings. The number of carbonyl (C=O) groups excluding carboxylic acids is 2. The van der Waals surface area contributed by atoms with Crippen LogP contribution < -0.4 is 16.0 Å². The van der Waals surface area contributed by atoms with Gasteiger partial charge in [-0.2, -0.15) is 0 Å². The maximum absolute atomic E-state index is 13.9. The van der Waals surface area contributed by atoms with Crippen molar-refractivity contribution < 1.29 is 22.8 Å². The molecule has 3 aromatic carbocycles. The van der Waals surface area contributed by atoms with Gasteiger partial charge in [0.25, 0.3) is 0 Å². The summed E-state index contributed by atoms with van der Waals surface area (Å²) in [5, 5.41) is 7.18. The molecular formula is C22H18F3N3O2. The van der Waals surface area contributed by atoms with Gasteiger partial charge in [-0.1, -0.05) is 48.5 Å². The molecule has 0 saturated carbocycles. The highest BCUT2D eigenvalue weighted by molar-refractivity contribution is 5.99. The molecule has 1 atom stereocenters. The standard InChI is InChI=1S/C22H18F3N3O2/c23-15-12-17(24)20(18(25)13-15)28-21(29)19(11-14-7-3-1-4-8-14)27-22(30)26-16-9-5-2-6-10-16/h1-10,12-13,19H,11H2,(H,28,29)(H2,26,27,30)/t19-/m0/s1. The van der Waals surface area contributed by atoms with E-state index in [9.17, 15) is 22.8 Å². The monoisotopic (exact) mass is 413 g/mol. The van der Waals surface area contributed by atoms with Crippen LogP contribution in [0.5, 0.6) is 0 Å². The molecule has 0 unspecified atom stereocenters. The van der Waals surface area contributed by atoms with Gasteiger partial charge in [-0.3, -0.25) is 4.79 Å². The Labute approximate surface area is 170 Å². The molecule has 0 aliphatic rings. The van der Waals surface area contributed by atoms with Crippen LogP contribution >= 0.6 is 0 Å². The van der Waals surface area contributed by atoms with Crippen LogP contribution in [0.15, 0.2) is 72.8 Å². The molecule has 0 bridgehead atoms. The van der Waals surface area contributed by atoms with E-state index < -0.39 is 41.1 Å². The van der Waals surface area contributed by atoms with Crippen LogP contribution in [0.3, 0.4) is 0 Å². The van der Waals surface area contributed by atoms with E-state index in [2.05, 4.69) is 16.0 Å². The molecule has 0 aliphatic carbocycles. The fourth-order valence-electron chi connectivity index (χ4n) is 2.78. The van der Waals surface area contributed by atoms with Crippen molar-refractivity contribution in [2.75, 3.05) is 10.6 Å². The molecule has 3 N–H and O–H groups in total. The lowest BCUT2D eigenvalue weighted by atomic mass is 10.1. The first-order chi connectivity index (χ1) is 14.4. The average Bonchev–Trinajstić information content (AvgIpc) is 2.71. The fourth-order valence-corrected chi connectivity index (χ4v) is 2.78. The summed E-state index contributed by atoms with van der Waals surface area (Å²) in [6.45, 7) is 0. The number of carbonyl (C=O) groups is 2. The number of hydrogen-bond acceptors (Lipinski definition) is 2. The zero-order valence-electron chi connectivity index (χ0n) is 15.7. The molecule has 3 amide bonds. The van der Waals surface area contributed by atoms with Crippen LogP contribution in [-0.2, 0) is 11.2 Å². The minimum absolute atomic E-state index is 0.0688. The highest BCUT2D eigenvalue weighted by atomic mass is 19.1. The summed E-state index contributed by atoms with van der Waals surface area (Å²) in [7, 11) is 0. The first kappa shape index (κ1) is 20.9. The Morgan fingerprint density at radius 3 is 1.97 bits per heavy atom. The number of amides is 3. The summed E-state index contributed by atoms with van der Waals surface area (Å²) in [5.74, 6) is -4.48. The first-order valence-electron chi connectivity index (χ1n) is 9.04. The van der Waals surface area contributed by atoms with Gasteiger partial charge >= 0.3 is 6.03 Å². The summed E-state index contributed by atoms with van der Waals surface area (Å²) < 4.78 is 40.9. The third-order valence-corrected chi connectivity index (χ3v) is 4.19. The minimum Gasteiger partial charge on any atom is -0.326 e. The van der Waals surface area contributed by atoms with Crippen molar-refractivity contribution in [2.45, 2.75) is 12.5 Å². The Morgan fingerprint density at radius 1 is 0.800 bits per heavy atom. The molecule has 0 saturated heterocycles. The lowest BCUT2D eigenvalue weighted by Gasteiger charge is -2.19. The molecule has 0 heterocycles. The van der Waals surface area contributed by atoms with Crippen LogP contribution in [0.4, 0.5) is 29.3 Å². The minimum atomic E-state index is -1.26. The Balaban J connectivity index is 1.78. The number of halogens is 3. The van der Waals surface area contributed by atoms with Gasteiger partial charge in [-0.25, -0.2) is 18.0 Å². The SMILES string of the molecule is O=C(Nc1ccccc1)N[C@@H](Cc1ccccc1)C(=O)Nc1c(F)cc(F)cc1F. The van der Waals surface area contributed by atoms with Crippen LogP contribution in [0.2, 0.25) is 0 Å². The van der Waals surface area contributed by atoms with Crippen LogP contribution in [-0.4, -0.2) is 18.0 Å². The van der Waals surface area contributed by atoms with Gasteiger partial charge < -0.3 is 16.0 Å². The van der Waals surface area contributed by atoms with Crippen molar-refractivity contribution in [3.63, 3.8) is 0 Å². The van der Waals surface area contributed by atoms with Crippen molar-refractivity contribution in [3.8, 4) is 0 Å². The van der Waals surface area contributed by atoms with Crippen LogP contribution in [0.1, 0.15) is 5.56 Å². The number of para-hydroxylation sites is 1. The predicted octanol–water partition coefficient (Wildman–Crippen LogP) is 4.48. The molecule has 0 aromatic heterocycles. The van der Waals surface area contributed by atoms with E-state index in [4.69, 9.17) is 0 Å². The van der Waals surface area contributed by atoms with Crippen molar-refractivity contribution >= 4 is 23.3 Å². The number of urea groups is 1. The number of hydrogen-bond donors (Lipinski definition) is 3. The van der Waals surface area contributed by atoms with Gasteiger partial charge in [0.15, 0.2) is 11.6 Å². The predicted molar refractivity (Wildman–Crippen MR) is 107 cm³/mol. The van der Waals surface area contributed by atoms with Crippen molar-refractivity contribution in [1.29, 1.82) is 0 Å². The third kappa shape index (κ3) is 5.60. The fraction of sp³-hybridized carbons (Fsp3) is 0.0909. The van der Waals surface area contributed by atoms with Gasteiger partial charge in [-0.15, -0.1) is 0 Å². The lowest BCUT2D eigenvalue weighted by molar-refractivity contribution is -0.117. The zero-order chi connectivity index (χ0) is 21.5. The van der Waals surface area contributed by atoms with E-state index in [1.54, 1.807) is 60.7 Å². The molecule has 3 rings (SSSR count). The van der Waals surface area contributed by atoms with E-state index in [0.717, 1.165) is 5.56 Å². The Kier molecular flexibility index (Phi) is 6.69. The average molecular weight is 413 g/mol. The van der Waals surface area contributed by atoms with Gasteiger partial charge in [0, 0.05) is 24.2 Å². The summed E-state index contributed by atoms with van der Waals surface area (Å²) in [6.07, 6.45) is 0.0688. The number of anilines is 2. The largest absolute Gasteiger partial charge is 0.326 e. The maximum Gasteiger partial charge on any atom is 0.319 e. The highest BCUT2D eigenvalue weighted by Gasteiger charge is 2.24. The van der Waals surface area contributed by atoms with Crippen LogP contribution in [0, 0.1) is 17.5 Å². The highest BCUT2D eigenvalue weighted by Crippen LogP contribution is 2.20. The van der Waals surface area contributed by atoms with Gasteiger partial charge in [0.2, 0.25) is 5.91 Å². The third-order valence-electron chi connectivity index (χ3n) is 4.19. The summed E-state index contributed by atoms with van der Waals surface area (Å²) in [4.78, 5) is 25.1. The summed E-state index contributed by atoms with van der Waals surface area (Å²) in [5.41, 5.74) is 0.437. The van der Waals surface area contributed by atoms with E-state index in [-0.39, 0.29) is 6.42 Å². The summed E-state index contributed by atoms with van der Waals surface area (Å²) >= 11 is 0. The molecular weight excluding hydrogens is 395 g/mol. The molecule has 3 aromatic rings. The molecule has 0 radical (unpaired) electrons. The van der Waals surface area contributed by atoms with E-state index in [1.165, 1.54) is 0 Å². The van der Waals surface area contributed by atoms with E-state index >= 15 is 0 Å².